The van der Waals surface area contributed by atoms with Crippen LogP contribution in [0.25, 0.3) is 0 Å². The average Bonchev–Trinajstić information content (AvgIpc) is 2.46. The van der Waals surface area contributed by atoms with E-state index in [1.54, 1.807) is 0 Å². The van der Waals surface area contributed by atoms with Crippen molar-refractivity contribution < 1.29 is 9.59 Å². The van der Waals surface area contributed by atoms with Crippen LogP contribution in [-0.4, -0.2) is 11.6 Å². The molecule has 0 saturated heterocycles. The highest BCUT2D eigenvalue weighted by molar-refractivity contribution is 6.13. The quantitative estimate of drug-likeness (QED) is 0.757. The summed E-state index contributed by atoms with van der Waals surface area (Å²) in [5.41, 5.74) is 0.0486. The standard InChI is InChI=1S/C18H24O2/c1-14(2)11-12-17(20)18(13-7-6-10-16(18)19)15-8-4-3-5-9-15/h3-5,8-9,14H,6-7,10-13H2,1-2H3. The lowest BCUT2D eigenvalue weighted by atomic mass is 9.65. The maximum atomic E-state index is 12.8. The second-order valence-corrected chi connectivity index (χ2v) is 6.26. The molecule has 1 saturated carbocycles. The molecule has 0 heterocycles. The average molecular weight is 272 g/mol. The third-order valence-corrected chi connectivity index (χ3v) is 4.37. The number of benzene rings is 1. The molecule has 0 radical (unpaired) electrons. The molecule has 2 rings (SSSR count). The number of Topliss-reactive ketones (excluding diaryl/α,β-unsaturated/α-hetero) is 2. The molecule has 20 heavy (non-hydrogen) atoms. The number of carbonyl (C=O) groups is 2. The Kier molecular flexibility index (Phi) is 4.74. The van der Waals surface area contributed by atoms with E-state index in [0.29, 0.717) is 25.2 Å². The van der Waals surface area contributed by atoms with Crippen LogP contribution < -0.4 is 0 Å². The van der Waals surface area contributed by atoms with Gasteiger partial charge in [-0.3, -0.25) is 9.59 Å². The van der Waals surface area contributed by atoms with Crippen molar-refractivity contribution in [3.63, 3.8) is 0 Å². The Hall–Kier alpha value is -1.44. The van der Waals surface area contributed by atoms with Crippen LogP contribution in [0.4, 0.5) is 0 Å². The number of hydrogen-bond donors (Lipinski definition) is 0. The van der Waals surface area contributed by atoms with Gasteiger partial charge in [0.05, 0.1) is 0 Å². The van der Waals surface area contributed by atoms with Crippen molar-refractivity contribution in [3.05, 3.63) is 35.9 Å². The van der Waals surface area contributed by atoms with E-state index >= 15 is 0 Å². The van der Waals surface area contributed by atoms with Gasteiger partial charge < -0.3 is 0 Å². The minimum absolute atomic E-state index is 0.127. The Bertz CT molecular complexity index is 475. The van der Waals surface area contributed by atoms with Crippen molar-refractivity contribution in [1.82, 2.24) is 0 Å². The van der Waals surface area contributed by atoms with Gasteiger partial charge in [0.2, 0.25) is 0 Å². The Morgan fingerprint density at radius 3 is 2.50 bits per heavy atom. The van der Waals surface area contributed by atoms with Gasteiger partial charge in [-0.25, -0.2) is 0 Å². The smallest absolute Gasteiger partial charge is 0.150 e. The number of hydrogen-bond acceptors (Lipinski definition) is 2. The predicted octanol–water partition coefficient (Wildman–Crippen LogP) is 4.07. The maximum Gasteiger partial charge on any atom is 0.150 e. The Balaban J connectivity index is 2.34. The molecular weight excluding hydrogens is 248 g/mol. The Morgan fingerprint density at radius 2 is 1.90 bits per heavy atom. The molecule has 108 valence electrons. The fourth-order valence-electron chi connectivity index (χ4n) is 3.15. The first-order valence-corrected chi connectivity index (χ1v) is 7.69. The van der Waals surface area contributed by atoms with E-state index in [2.05, 4.69) is 13.8 Å². The molecule has 0 aliphatic heterocycles. The van der Waals surface area contributed by atoms with Gasteiger partial charge in [-0.05, 0) is 30.7 Å². The summed E-state index contributed by atoms with van der Waals surface area (Å²) in [6, 6.07) is 9.67. The zero-order valence-electron chi connectivity index (χ0n) is 12.5. The minimum atomic E-state index is -0.853. The first kappa shape index (κ1) is 15.0. The monoisotopic (exact) mass is 272 g/mol. The van der Waals surface area contributed by atoms with E-state index in [9.17, 15) is 9.59 Å². The van der Waals surface area contributed by atoms with Gasteiger partial charge in [0, 0.05) is 12.8 Å². The summed E-state index contributed by atoms with van der Waals surface area (Å²) in [5.74, 6) is 0.747. The molecule has 2 nitrogen and oxygen atoms in total. The van der Waals surface area contributed by atoms with Crippen molar-refractivity contribution in [1.29, 1.82) is 0 Å². The van der Waals surface area contributed by atoms with Crippen LogP contribution in [0.15, 0.2) is 30.3 Å². The Morgan fingerprint density at radius 1 is 1.20 bits per heavy atom. The van der Waals surface area contributed by atoms with Crippen molar-refractivity contribution >= 4 is 11.6 Å². The molecule has 1 aromatic rings. The van der Waals surface area contributed by atoms with Crippen molar-refractivity contribution in [2.75, 3.05) is 0 Å². The number of ketones is 2. The molecule has 1 aliphatic carbocycles. The SMILES string of the molecule is CC(C)CCC(=O)C1(c2ccccc2)CCCCC1=O. The molecule has 0 bridgehead atoms. The zero-order chi connectivity index (χ0) is 14.6. The molecule has 2 heteroatoms. The van der Waals surface area contributed by atoms with Crippen LogP contribution in [0.1, 0.15) is 57.9 Å². The van der Waals surface area contributed by atoms with Crippen LogP contribution in [0, 0.1) is 5.92 Å². The van der Waals surface area contributed by atoms with Gasteiger partial charge in [0.15, 0.2) is 11.6 Å². The number of carbonyl (C=O) groups excluding carboxylic acids is 2. The first-order valence-electron chi connectivity index (χ1n) is 7.69. The molecule has 1 aliphatic rings. The summed E-state index contributed by atoms with van der Waals surface area (Å²) in [7, 11) is 0. The second kappa shape index (κ2) is 6.34. The fourth-order valence-corrected chi connectivity index (χ4v) is 3.15. The molecule has 1 atom stereocenters. The summed E-state index contributed by atoms with van der Waals surface area (Å²) in [6.45, 7) is 4.23. The van der Waals surface area contributed by atoms with Crippen LogP contribution in [0.2, 0.25) is 0 Å². The summed E-state index contributed by atoms with van der Waals surface area (Å²) < 4.78 is 0. The lowest BCUT2D eigenvalue weighted by Crippen LogP contribution is -2.46. The molecule has 1 fully saturated rings. The van der Waals surface area contributed by atoms with Crippen molar-refractivity contribution in [3.8, 4) is 0 Å². The second-order valence-electron chi connectivity index (χ2n) is 6.26. The third kappa shape index (κ3) is 2.84. The topological polar surface area (TPSA) is 34.1 Å². The van der Waals surface area contributed by atoms with Gasteiger partial charge in [-0.15, -0.1) is 0 Å². The molecule has 0 aromatic heterocycles. The van der Waals surface area contributed by atoms with E-state index in [-0.39, 0.29) is 11.6 Å². The van der Waals surface area contributed by atoms with Crippen LogP contribution in [-0.2, 0) is 15.0 Å². The highest BCUT2D eigenvalue weighted by atomic mass is 16.2. The fraction of sp³-hybridized carbons (Fsp3) is 0.556. The van der Waals surface area contributed by atoms with Gasteiger partial charge in [-0.1, -0.05) is 50.6 Å². The van der Waals surface area contributed by atoms with Crippen LogP contribution >= 0.6 is 0 Å². The summed E-state index contributed by atoms with van der Waals surface area (Å²) in [4.78, 5) is 25.4. The number of rotatable bonds is 5. The molecule has 0 N–H and O–H groups in total. The van der Waals surface area contributed by atoms with E-state index in [0.717, 1.165) is 24.8 Å². The summed E-state index contributed by atoms with van der Waals surface area (Å²) in [5, 5.41) is 0. The molecular formula is C18H24O2. The van der Waals surface area contributed by atoms with Crippen LogP contribution in [0.5, 0.6) is 0 Å². The van der Waals surface area contributed by atoms with E-state index in [4.69, 9.17) is 0 Å². The van der Waals surface area contributed by atoms with E-state index in [1.165, 1.54) is 0 Å². The lowest BCUT2D eigenvalue weighted by Gasteiger charge is -2.35. The molecule has 0 amide bonds. The summed E-state index contributed by atoms with van der Waals surface area (Å²) in [6.07, 6.45) is 4.49. The third-order valence-electron chi connectivity index (χ3n) is 4.37. The summed E-state index contributed by atoms with van der Waals surface area (Å²) >= 11 is 0. The van der Waals surface area contributed by atoms with Crippen molar-refractivity contribution in [2.24, 2.45) is 5.92 Å². The molecule has 1 aromatic carbocycles. The molecule has 1 unspecified atom stereocenters. The predicted molar refractivity (Wildman–Crippen MR) is 80.7 cm³/mol. The maximum absolute atomic E-state index is 12.8. The molecule has 0 spiro atoms. The Labute approximate surface area is 121 Å². The zero-order valence-corrected chi connectivity index (χ0v) is 12.5. The lowest BCUT2D eigenvalue weighted by molar-refractivity contribution is -0.137. The van der Waals surface area contributed by atoms with Gasteiger partial charge in [-0.2, -0.15) is 0 Å². The van der Waals surface area contributed by atoms with E-state index in [1.807, 2.05) is 30.3 Å². The van der Waals surface area contributed by atoms with Gasteiger partial charge >= 0.3 is 0 Å². The van der Waals surface area contributed by atoms with E-state index < -0.39 is 5.41 Å². The highest BCUT2D eigenvalue weighted by Gasteiger charge is 2.46. The normalized spacial score (nSPS) is 23.1. The van der Waals surface area contributed by atoms with Gasteiger partial charge in [0.25, 0.3) is 0 Å². The van der Waals surface area contributed by atoms with Gasteiger partial charge in [0.1, 0.15) is 5.41 Å². The minimum Gasteiger partial charge on any atom is -0.298 e. The largest absolute Gasteiger partial charge is 0.298 e. The van der Waals surface area contributed by atoms with Crippen LogP contribution in [0.3, 0.4) is 0 Å². The highest BCUT2D eigenvalue weighted by Crippen LogP contribution is 2.39. The first-order chi connectivity index (χ1) is 9.57. The van der Waals surface area contributed by atoms with Crippen molar-refractivity contribution in [2.45, 2.75) is 57.8 Å².